The molecular weight excluding hydrogens is 296 g/mol. The van der Waals surface area contributed by atoms with Gasteiger partial charge in [-0.05, 0) is 50.2 Å². The van der Waals surface area contributed by atoms with Crippen LogP contribution >= 0.6 is 0 Å². The van der Waals surface area contributed by atoms with Gasteiger partial charge in [0, 0.05) is 30.9 Å². The second kappa shape index (κ2) is 7.49. The molecule has 0 unspecified atom stereocenters. The Bertz CT molecular complexity index is 736. The summed E-state index contributed by atoms with van der Waals surface area (Å²) in [6.45, 7) is 7.22. The molecule has 0 atom stereocenters. The van der Waals surface area contributed by atoms with Crippen molar-refractivity contribution in [3.05, 3.63) is 53.6 Å². The topological polar surface area (TPSA) is 39.7 Å². The number of fused-ring (bicyclic) bond motifs is 2. The number of rotatable bonds is 5. The number of anilines is 2. The summed E-state index contributed by atoms with van der Waals surface area (Å²) in [5, 5.41) is 6.82. The third-order valence-electron chi connectivity index (χ3n) is 4.24. The first-order chi connectivity index (χ1) is 11.7. The molecule has 4 heteroatoms. The van der Waals surface area contributed by atoms with E-state index in [2.05, 4.69) is 59.7 Å². The van der Waals surface area contributed by atoms with E-state index in [1.165, 1.54) is 11.1 Å². The quantitative estimate of drug-likeness (QED) is 0.872. The first kappa shape index (κ1) is 16.5. The Morgan fingerprint density at radius 1 is 1.08 bits per heavy atom. The van der Waals surface area contributed by atoms with Crippen LogP contribution < -0.4 is 10.6 Å². The lowest BCUT2D eigenvalue weighted by atomic mass is 10.1. The zero-order valence-corrected chi connectivity index (χ0v) is 14.8. The Balaban J connectivity index is 2.11. The van der Waals surface area contributed by atoms with E-state index in [-0.39, 0.29) is 0 Å². The van der Waals surface area contributed by atoms with Gasteiger partial charge in [-0.25, -0.2) is 4.99 Å². The number of likely N-dealkylation sites (N-methyl/N-ethyl adjacent to an activating group) is 1. The number of aliphatic imine (C=N–C) groups is 1. The number of nitrogens with zero attached hydrogens (tertiary/aromatic N) is 2. The van der Waals surface area contributed by atoms with Crippen LogP contribution in [0.3, 0.4) is 0 Å². The van der Waals surface area contributed by atoms with Crippen LogP contribution in [0.2, 0.25) is 0 Å². The smallest absolute Gasteiger partial charge is 0.138 e. The molecule has 0 amide bonds. The van der Waals surface area contributed by atoms with Crippen molar-refractivity contribution in [2.75, 3.05) is 32.0 Å². The van der Waals surface area contributed by atoms with Crippen LogP contribution in [-0.4, -0.2) is 37.4 Å². The van der Waals surface area contributed by atoms with E-state index in [0.717, 1.165) is 49.0 Å². The van der Waals surface area contributed by atoms with Crippen molar-refractivity contribution in [2.24, 2.45) is 4.99 Å². The fourth-order valence-electron chi connectivity index (χ4n) is 3.03. The predicted molar refractivity (Wildman–Crippen MR) is 103 cm³/mol. The van der Waals surface area contributed by atoms with Crippen molar-refractivity contribution in [3.8, 4) is 0 Å². The van der Waals surface area contributed by atoms with Crippen molar-refractivity contribution in [1.82, 2.24) is 10.2 Å². The summed E-state index contributed by atoms with van der Waals surface area (Å²) in [7, 11) is 1.99. The van der Waals surface area contributed by atoms with Gasteiger partial charge in [-0.3, -0.25) is 0 Å². The zero-order valence-electron chi connectivity index (χ0n) is 14.8. The molecule has 1 aliphatic rings. The molecule has 0 aliphatic carbocycles. The van der Waals surface area contributed by atoms with Crippen LogP contribution in [-0.2, 0) is 0 Å². The van der Waals surface area contributed by atoms with Gasteiger partial charge in [0.15, 0.2) is 0 Å². The van der Waals surface area contributed by atoms with Crippen LogP contribution in [0, 0.1) is 6.92 Å². The molecule has 1 aliphatic heterocycles. The van der Waals surface area contributed by atoms with Gasteiger partial charge in [-0.15, -0.1) is 0 Å². The Morgan fingerprint density at radius 3 is 2.71 bits per heavy atom. The highest BCUT2D eigenvalue weighted by Crippen LogP contribution is 2.35. The monoisotopic (exact) mass is 322 g/mol. The highest BCUT2D eigenvalue weighted by atomic mass is 15.2. The number of aryl methyl sites for hydroxylation is 1. The molecular formula is C20H26N4. The second-order valence-corrected chi connectivity index (χ2v) is 6.22. The molecule has 2 N–H and O–H groups in total. The molecule has 0 radical (unpaired) electrons. The molecule has 0 bridgehead atoms. The largest absolute Gasteiger partial charge is 0.355 e. The number of amidine groups is 1. The Morgan fingerprint density at radius 2 is 1.92 bits per heavy atom. The van der Waals surface area contributed by atoms with Gasteiger partial charge in [0.2, 0.25) is 0 Å². The third-order valence-corrected chi connectivity index (χ3v) is 4.24. The fourth-order valence-corrected chi connectivity index (χ4v) is 3.03. The second-order valence-electron chi connectivity index (χ2n) is 6.22. The van der Waals surface area contributed by atoms with E-state index >= 15 is 0 Å². The number of para-hydroxylation sites is 2. The summed E-state index contributed by atoms with van der Waals surface area (Å²) in [5.74, 6) is 1.06. The molecule has 2 aromatic rings. The lowest BCUT2D eigenvalue weighted by Crippen LogP contribution is -2.37. The van der Waals surface area contributed by atoms with Gasteiger partial charge in [0.1, 0.15) is 5.84 Å². The lowest BCUT2D eigenvalue weighted by Gasteiger charge is -2.26. The molecule has 0 saturated heterocycles. The molecule has 2 aromatic carbocycles. The van der Waals surface area contributed by atoms with Crippen molar-refractivity contribution in [3.63, 3.8) is 0 Å². The molecule has 24 heavy (non-hydrogen) atoms. The van der Waals surface area contributed by atoms with E-state index in [1.807, 2.05) is 19.2 Å². The number of nitrogens with one attached hydrogen (secondary N) is 2. The average Bonchev–Trinajstić information content (AvgIpc) is 2.74. The van der Waals surface area contributed by atoms with Crippen LogP contribution in [0.4, 0.5) is 17.1 Å². The standard InChI is InChI=1S/C20H26N4/c1-4-12-24(13-11-21-3)20-16-10-9-15(2)14-19(16)22-17-7-5-6-8-18(17)23-20/h5-10,14,21-22H,4,11-13H2,1-3H3. The van der Waals surface area contributed by atoms with Gasteiger partial charge < -0.3 is 15.5 Å². The molecule has 0 saturated carbocycles. The Kier molecular flexibility index (Phi) is 5.16. The van der Waals surface area contributed by atoms with Crippen molar-refractivity contribution < 1.29 is 0 Å². The molecule has 0 fully saturated rings. The minimum Gasteiger partial charge on any atom is -0.355 e. The van der Waals surface area contributed by atoms with Crippen LogP contribution in [0.15, 0.2) is 47.5 Å². The van der Waals surface area contributed by atoms with Gasteiger partial charge in [-0.2, -0.15) is 0 Å². The van der Waals surface area contributed by atoms with Gasteiger partial charge in [0.25, 0.3) is 0 Å². The zero-order chi connectivity index (χ0) is 16.9. The van der Waals surface area contributed by atoms with Crippen molar-refractivity contribution >= 4 is 22.9 Å². The van der Waals surface area contributed by atoms with Crippen LogP contribution in [0.5, 0.6) is 0 Å². The van der Waals surface area contributed by atoms with E-state index in [0.29, 0.717) is 0 Å². The number of benzene rings is 2. The minimum absolute atomic E-state index is 0.940. The third kappa shape index (κ3) is 3.44. The van der Waals surface area contributed by atoms with E-state index < -0.39 is 0 Å². The highest BCUT2D eigenvalue weighted by Gasteiger charge is 2.20. The lowest BCUT2D eigenvalue weighted by molar-refractivity contribution is 0.416. The number of hydrogen-bond donors (Lipinski definition) is 2. The van der Waals surface area contributed by atoms with E-state index in [4.69, 9.17) is 4.99 Å². The predicted octanol–water partition coefficient (Wildman–Crippen LogP) is 4.06. The normalized spacial score (nSPS) is 12.5. The van der Waals surface area contributed by atoms with Gasteiger partial charge in [-0.1, -0.05) is 25.1 Å². The fraction of sp³-hybridized carbons (Fsp3) is 0.350. The summed E-state index contributed by atoms with van der Waals surface area (Å²) in [4.78, 5) is 7.42. The summed E-state index contributed by atoms with van der Waals surface area (Å²) in [5.41, 5.74) is 5.60. The SMILES string of the molecule is CCCN(CCNC)C1=Nc2ccccc2Nc2cc(C)ccc21. The maximum atomic E-state index is 5.03. The van der Waals surface area contributed by atoms with Gasteiger partial charge in [0.05, 0.1) is 11.4 Å². The Hall–Kier alpha value is -2.33. The highest BCUT2D eigenvalue weighted by molar-refractivity contribution is 6.07. The number of hydrogen-bond acceptors (Lipinski definition) is 4. The molecule has 0 aromatic heterocycles. The summed E-state index contributed by atoms with van der Waals surface area (Å²) in [6.07, 6.45) is 1.10. The summed E-state index contributed by atoms with van der Waals surface area (Å²) < 4.78 is 0. The molecule has 126 valence electrons. The summed E-state index contributed by atoms with van der Waals surface area (Å²) in [6, 6.07) is 14.8. The Labute approximate surface area is 144 Å². The maximum absolute atomic E-state index is 5.03. The van der Waals surface area contributed by atoms with Crippen molar-refractivity contribution in [2.45, 2.75) is 20.3 Å². The molecule has 3 rings (SSSR count). The van der Waals surface area contributed by atoms with Crippen LogP contribution in [0.1, 0.15) is 24.5 Å². The first-order valence-electron chi connectivity index (χ1n) is 8.68. The minimum atomic E-state index is 0.940. The van der Waals surface area contributed by atoms with Crippen molar-refractivity contribution in [1.29, 1.82) is 0 Å². The van der Waals surface area contributed by atoms with E-state index in [1.54, 1.807) is 0 Å². The van der Waals surface area contributed by atoms with Gasteiger partial charge >= 0.3 is 0 Å². The first-order valence-corrected chi connectivity index (χ1v) is 8.68. The molecule has 0 spiro atoms. The van der Waals surface area contributed by atoms with Crippen LogP contribution in [0.25, 0.3) is 0 Å². The molecule has 4 nitrogen and oxygen atoms in total. The van der Waals surface area contributed by atoms with E-state index in [9.17, 15) is 0 Å². The average molecular weight is 322 g/mol. The molecule has 1 heterocycles. The maximum Gasteiger partial charge on any atom is 0.138 e. The summed E-state index contributed by atoms with van der Waals surface area (Å²) >= 11 is 0.